The zero-order valence-corrected chi connectivity index (χ0v) is 15.3. The van der Waals surface area contributed by atoms with E-state index in [9.17, 15) is 9.59 Å². The van der Waals surface area contributed by atoms with E-state index in [4.69, 9.17) is 4.42 Å². The summed E-state index contributed by atoms with van der Waals surface area (Å²) in [5.41, 5.74) is 6.05. The number of aryl methyl sites for hydroxylation is 1. The van der Waals surface area contributed by atoms with Gasteiger partial charge in [-0.2, -0.15) is 0 Å². The van der Waals surface area contributed by atoms with Crippen molar-refractivity contribution in [1.82, 2.24) is 36.0 Å². The van der Waals surface area contributed by atoms with Gasteiger partial charge in [0.2, 0.25) is 0 Å². The maximum Gasteiger partial charge on any atom is 0.289 e. The molecule has 0 aliphatic rings. The monoisotopic (exact) mass is 395 g/mol. The summed E-state index contributed by atoms with van der Waals surface area (Å²) in [6, 6.07) is 10.1. The fourth-order valence-electron chi connectivity index (χ4n) is 2.40. The summed E-state index contributed by atoms with van der Waals surface area (Å²) < 4.78 is 6.76. The van der Waals surface area contributed by atoms with Gasteiger partial charge in [-0.1, -0.05) is 0 Å². The first kappa shape index (κ1) is 17.5. The molecule has 3 heterocycles. The van der Waals surface area contributed by atoms with Crippen LogP contribution in [-0.4, -0.2) is 37.0 Å². The number of hydrogen-bond acceptors (Lipinski definition) is 8. The van der Waals surface area contributed by atoms with Gasteiger partial charge in [-0.3, -0.25) is 20.4 Å². The maximum absolute atomic E-state index is 12.4. The van der Waals surface area contributed by atoms with Gasteiger partial charge in [0.25, 0.3) is 11.8 Å². The SMILES string of the molecule is Cc1sc(-c2ccco2)nc1C(=O)NNC(=O)c1ccc(-n2cnnn2)cc1. The van der Waals surface area contributed by atoms with Crippen molar-refractivity contribution < 1.29 is 14.0 Å². The maximum atomic E-state index is 12.4. The minimum atomic E-state index is -0.509. The molecule has 0 aliphatic heterocycles. The molecule has 0 aliphatic carbocycles. The summed E-state index contributed by atoms with van der Waals surface area (Å²) in [6.45, 7) is 1.78. The first-order chi connectivity index (χ1) is 13.6. The van der Waals surface area contributed by atoms with Crippen LogP contribution < -0.4 is 10.9 Å². The molecule has 0 fully saturated rings. The van der Waals surface area contributed by atoms with Crippen LogP contribution in [0.25, 0.3) is 16.5 Å². The zero-order valence-electron chi connectivity index (χ0n) is 14.5. The Kier molecular flexibility index (Phi) is 4.64. The molecule has 0 radical (unpaired) electrons. The van der Waals surface area contributed by atoms with Gasteiger partial charge < -0.3 is 4.42 Å². The highest BCUT2D eigenvalue weighted by Crippen LogP contribution is 2.27. The molecule has 3 aromatic heterocycles. The van der Waals surface area contributed by atoms with Crippen LogP contribution in [0.3, 0.4) is 0 Å². The standard InChI is InChI=1S/C17H13N7O3S/c1-10-14(19-17(28-10)13-3-2-8-27-13)16(26)21-20-15(25)11-4-6-12(7-5-11)24-9-18-22-23-24/h2-9H,1H3,(H,20,25)(H,21,26). The van der Waals surface area contributed by atoms with Crippen molar-refractivity contribution >= 4 is 23.2 Å². The summed E-state index contributed by atoms with van der Waals surface area (Å²) in [6.07, 6.45) is 2.99. The molecule has 4 aromatic rings. The molecule has 0 saturated heterocycles. The number of rotatable bonds is 4. The van der Waals surface area contributed by atoms with Gasteiger partial charge in [0.15, 0.2) is 10.8 Å². The first-order valence-electron chi connectivity index (χ1n) is 8.07. The number of benzene rings is 1. The van der Waals surface area contributed by atoms with Crippen molar-refractivity contribution in [2.75, 3.05) is 0 Å². The minimum Gasteiger partial charge on any atom is -0.462 e. The Morgan fingerprint density at radius 3 is 2.57 bits per heavy atom. The Morgan fingerprint density at radius 1 is 1.11 bits per heavy atom. The molecule has 1 aromatic carbocycles. The largest absolute Gasteiger partial charge is 0.462 e. The summed E-state index contributed by atoms with van der Waals surface area (Å²) in [7, 11) is 0. The second-order valence-electron chi connectivity index (χ2n) is 5.61. The van der Waals surface area contributed by atoms with Crippen molar-refractivity contribution in [2.24, 2.45) is 0 Å². The molecule has 4 rings (SSSR count). The number of nitrogens with one attached hydrogen (secondary N) is 2. The molecule has 0 unspecified atom stereocenters. The van der Waals surface area contributed by atoms with E-state index in [0.717, 1.165) is 0 Å². The average molecular weight is 395 g/mol. The fourth-order valence-corrected chi connectivity index (χ4v) is 3.28. The molecule has 0 bridgehead atoms. The van der Waals surface area contributed by atoms with Gasteiger partial charge in [0, 0.05) is 10.4 Å². The van der Waals surface area contributed by atoms with E-state index in [1.165, 1.54) is 28.6 Å². The number of aromatic nitrogens is 5. The lowest BCUT2D eigenvalue weighted by molar-refractivity contribution is 0.0844. The van der Waals surface area contributed by atoms with Gasteiger partial charge in [0.1, 0.15) is 12.0 Å². The van der Waals surface area contributed by atoms with Crippen molar-refractivity contribution in [2.45, 2.75) is 6.92 Å². The van der Waals surface area contributed by atoms with E-state index in [2.05, 4.69) is 31.4 Å². The van der Waals surface area contributed by atoms with E-state index >= 15 is 0 Å². The third-order valence-electron chi connectivity index (χ3n) is 3.78. The van der Waals surface area contributed by atoms with Crippen LogP contribution >= 0.6 is 11.3 Å². The number of carbonyl (C=O) groups is 2. The van der Waals surface area contributed by atoms with Gasteiger partial charge in [-0.25, -0.2) is 9.67 Å². The van der Waals surface area contributed by atoms with Crippen LogP contribution in [0.4, 0.5) is 0 Å². The zero-order chi connectivity index (χ0) is 19.5. The summed E-state index contributed by atoms with van der Waals surface area (Å²) in [5.74, 6) is -0.389. The van der Waals surface area contributed by atoms with Gasteiger partial charge in [0.05, 0.1) is 12.0 Å². The van der Waals surface area contributed by atoms with Crippen LogP contribution in [0.2, 0.25) is 0 Å². The number of amides is 2. The van der Waals surface area contributed by atoms with E-state index < -0.39 is 11.8 Å². The lowest BCUT2D eigenvalue weighted by atomic mass is 10.2. The van der Waals surface area contributed by atoms with Crippen LogP contribution in [0.1, 0.15) is 25.7 Å². The number of nitrogens with zero attached hydrogens (tertiary/aromatic N) is 5. The summed E-state index contributed by atoms with van der Waals surface area (Å²) in [5, 5.41) is 11.5. The normalized spacial score (nSPS) is 10.6. The Balaban J connectivity index is 1.40. The van der Waals surface area contributed by atoms with Crippen molar-refractivity contribution in [1.29, 1.82) is 0 Å². The predicted octanol–water partition coefficient (Wildman–Crippen LogP) is 1.76. The second kappa shape index (κ2) is 7.40. The summed E-state index contributed by atoms with van der Waals surface area (Å²) >= 11 is 1.33. The van der Waals surface area contributed by atoms with Gasteiger partial charge in [-0.15, -0.1) is 16.4 Å². The molecule has 11 heteroatoms. The molecule has 0 spiro atoms. The Labute approximate surface area is 162 Å². The number of hydrazine groups is 1. The Morgan fingerprint density at radius 2 is 1.89 bits per heavy atom. The lowest BCUT2D eigenvalue weighted by Crippen LogP contribution is -2.42. The highest BCUT2D eigenvalue weighted by atomic mass is 32.1. The van der Waals surface area contributed by atoms with Crippen molar-refractivity contribution in [3.05, 3.63) is 65.1 Å². The number of hydrogen-bond donors (Lipinski definition) is 2. The van der Waals surface area contributed by atoms with E-state index in [0.29, 0.717) is 26.9 Å². The molecule has 0 atom stereocenters. The molecule has 2 amide bonds. The Hall–Kier alpha value is -3.86. The average Bonchev–Trinajstić information content (AvgIpc) is 3.47. The van der Waals surface area contributed by atoms with Crippen LogP contribution in [0.15, 0.2) is 53.4 Å². The minimum absolute atomic E-state index is 0.228. The van der Waals surface area contributed by atoms with Gasteiger partial charge in [-0.05, 0) is 53.7 Å². The van der Waals surface area contributed by atoms with Crippen LogP contribution in [-0.2, 0) is 0 Å². The molecule has 2 N–H and O–H groups in total. The molecule has 140 valence electrons. The third kappa shape index (κ3) is 3.50. The van der Waals surface area contributed by atoms with Crippen LogP contribution in [0, 0.1) is 6.92 Å². The Bertz CT molecular complexity index is 1100. The molecular weight excluding hydrogens is 382 g/mol. The van der Waals surface area contributed by atoms with Crippen LogP contribution in [0.5, 0.6) is 0 Å². The topological polar surface area (TPSA) is 128 Å². The van der Waals surface area contributed by atoms with E-state index in [1.807, 2.05) is 0 Å². The molecule has 0 saturated carbocycles. The molecule has 28 heavy (non-hydrogen) atoms. The highest BCUT2D eigenvalue weighted by Gasteiger charge is 2.18. The van der Waals surface area contributed by atoms with E-state index in [1.54, 1.807) is 43.3 Å². The molecule has 10 nitrogen and oxygen atoms in total. The fraction of sp³-hybridized carbons (Fsp3) is 0.0588. The van der Waals surface area contributed by atoms with E-state index in [-0.39, 0.29) is 5.69 Å². The number of thiazole rings is 1. The number of tetrazole rings is 1. The number of carbonyl (C=O) groups excluding carboxylic acids is 2. The van der Waals surface area contributed by atoms with Gasteiger partial charge >= 0.3 is 0 Å². The smallest absolute Gasteiger partial charge is 0.289 e. The second-order valence-corrected chi connectivity index (χ2v) is 6.81. The number of furan rings is 1. The van der Waals surface area contributed by atoms with Crippen molar-refractivity contribution in [3.63, 3.8) is 0 Å². The first-order valence-corrected chi connectivity index (χ1v) is 8.89. The molecular formula is C17H13N7O3S. The third-order valence-corrected chi connectivity index (χ3v) is 4.76. The lowest BCUT2D eigenvalue weighted by Gasteiger charge is -2.07. The quantitative estimate of drug-likeness (QED) is 0.504. The highest BCUT2D eigenvalue weighted by molar-refractivity contribution is 7.15. The summed E-state index contributed by atoms with van der Waals surface area (Å²) in [4.78, 5) is 29.6. The predicted molar refractivity (Wildman–Crippen MR) is 98.6 cm³/mol. The van der Waals surface area contributed by atoms with Crippen molar-refractivity contribution in [3.8, 4) is 16.5 Å².